The predicted octanol–water partition coefficient (Wildman–Crippen LogP) is 2.61. The molecular formula is C16H16O6. The number of rotatable bonds is 4. The number of carbonyl (C=O) groups is 2. The van der Waals surface area contributed by atoms with E-state index in [1.807, 2.05) is 0 Å². The van der Waals surface area contributed by atoms with E-state index in [1.54, 1.807) is 24.3 Å². The zero-order chi connectivity index (χ0) is 16.5. The molecule has 0 unspecified atom stereocenters. The Bertz CT molecular complexity index is 651. The van der Waals surface area contributed by atoms with E-state index in [1.165, 1.54) is 32.4 Å². The quantitative estimate of drug-likeness (QED) is 0.843. The van der Waals surface area contributed by atoms with E-state index in [-0.39, 0.29) is 16.9 Å². The number of methoxy groups -OCH3 is 2. The van der Waals surface area contributed by atoms with Crippen molar-refractivity contribution in [2.75, 3.05) is 14.2 Å². The third-order valence-electron chi connectivity index (χ3n) is 2.69. The lowest BCUT2D eigenvalue weighted by Gasteiger charge is -2.02. The van der Waals surface area contributed by atoms with Gasteiger partial charge in [-0.3, -0.25) is 4.79 Å². The molecule has 0 bridgehead atoms. The SMILES string of the molecule is COc1cccc(C(=O)O)c1.COc1cccc(C=O)c1O. The first-order valence-corrected chi connectivity index (χ1v) is 6.22. The van der Waals surface area contributed by atoms with Crippen LogP contribution in [0.25, 0.3) is 0 Å². The number of phenols is 1. The molecule has 0 aromatic heterocycles. The second kappa shape index (κ2) is 8.31. The Hall–Kier alpha value is -3.02. The standard InChI is InChI=1S/2C8H8O3/c1-11-7-4-2-3-6(5-9)8(7)10;1-11-7-4-2-3-6(5-7)8(9)10/h2-5,10H,1H3;2-5H,1H3,(H,9,10). The van der Waals surface area contributed by atoms with E-state index in [0.29, 0.717) is 17.8 Å². The molecule has 0 amide bonds. The van der Waals surface area contributed by atoms with Gasteiger partial charge in [0.25, 0.3) is 0 Å². The molecule has 2 N–H and O–H groups in total. The fraction of sp³-hybridized carbons (Fsp3) is 0.125. The molecule has 116 valence electrons. The molecule has 0 aliphatic heterocycles. The molecule has 2 aromatic rings. The molecule has 0 spiro atoms. The maximum atomic E-state index is 10.4. The second-order valence-electron chi connectivity index (χ2n) is 4.05. The van der Waals surface area contributed by atoms with E-state index in [2.05, 4.69) is 0 Å². The van der Waals surface area contributed by atoms with Gasteiger partial charge in [-0.2, -0.15) is 0 Å². The van der Waals surface area contributed by atoms with Crippen molar-refractivity contribution in [2.24, 2.45) is 0 Å². The summed E-state index contributed by atoms with van der Waals surface area (Å²) in [6.07, 6.45) is 0.581. The minimum absolute atomic E-state index is 0.106. The summed E-state index contributed by atoms with van der Waals surface area (Å²) < 4.78 is 9.62. The Morgan fingerprint density at radius 3 is 2.32 bits per heavy atom. The van der Waals surface area contributed by atoms with Crippen LogP contribution < -0.4 is 9.47 Å². The van der Waals surface area contributed by atoms with Crippen LogP contribution in [-0.2, 0) is 0 Å². The number of hydrogen-bond acceptors (Lipinski definition) is 5. The van der Waals surface area contributed by atoms with Crippen molar-refractivity contribution in [1.82, 2.24) is 0 Å². The lowest BCUT2D eigenvalue weighted by atomic mass is 10.2. The number of carbonyl (C=O) groups excluding carboxylic acids is 1. The van der Waals surface area contributed by atoms with Crippen molar-refractivity contribution in [1.29, 1.82) is 0 Å². The summed E-state index contributed by atoms with van der Waals surface area (Å²) in [6, 6.07) is 11.1. The van der Waals surface area contributed by atoms with Crippen molar-refractivity contribution in [3.05, 3.63) is 53.6 Å². The van der Waals surface area contributed by atoms with Crippen molar-refractivity contribution >= 4 is 12.3 Å². The molecule has 0 aliphatic carbocycles. The average Bonchev–Trinajstić information content (AvgIpc) is 2.55. The number of para-hydroxylation sites is 1. The zero-order valence-electron chi connectivity index (χ0n) is 12.1. The number of hydrogen-bond donors (Lipinski definition) is 2. The third-order valence-corrected chi connectivity index (χ3v) is 2.69. The summed E-state index contributed by atoms with van der Waals surface area (Å²) in [5.41, 5.74) is 0.480. The van der Waals surface area contributed by atoms with Gasteiger partial charge in [-0.05, 0) is 30.3 Å². The average molecular weight is 304 g/mol. The summed E-state index contributed by atoms with van der Waals surface area (Å²) >= 11 is 0. The van der Waals surface area contributed by atoms with E-state index < -0.39 is 5.97 Å². The van der Waals surface area contributed by atoms with Gasteiger partial charge < -0.3 is 19.7 Å². The first-order chi connectivity index (χ1) is 10.5. The molecule has 0 atom stereocenters. The number of aromatic carboxylic acids is 1. The zero-order valence-corrected chi connectivity index (χ0v) is 12.1. The highest BCUT2D eigenvalue weighted by Gasteiger charge is 2.04. The van der Waals surface area contributed by atoms with Gasteiger partial charge in [-0.15, -0.1) is 0 Å². The van der Waals surface area contributed by atoms with Crippen LogP contribution in [0.4, 0.5) is 0 Å². The number of aromatic hydroxyl groups is 1. The van der Waals surface area contributed by atoms with Crippen molar-refractivity contribution < 1.29 is 29.3 Å². The number of aldehydes is 1. The number of phenolic OH excluding ortho intramolecular Hbond substituents is 1. The minimum Gasteiger partial charge on any atom is -0.504 e. The van der Waals surface area contributed by atoms with E-state index in [4.69, 9.17) is 14.6 Å². The highest BCUT2D eigenvalue weighted by molar-refractivity contribution is 5.88. The van der Waals surface area contributed by atoms with E-state index in [0.717, 1.165) is 0 Å². The van der Waals surface area contributed by atoms with Gasteiger partial charge in [-0.25, -0.2) is 4.79 Å². The molecule has 0 saturated heterocycles. The van der Waals surface area contributed by atoms with Crippen molar-refractivity contribution in [3.63, 3.8) is 0 Å². The predicted molar refractivity (Wildman–Crippen MR) is 80.0 cm³/mol. The number of benzene rings is 2. The normalized spacial score (nSPS) is 9.18. The van der Waals surface area contributed by atoms with Gasteiger partial charge in [0.2, 0.25) is 0 Å². The van der Waals surface area contributed by atoms with Crippen LogP contribution in [-0.4, -0.2) is 36.7 Å². The first-order valence-electron chi connectivity index (χ1n) is 6.22. The lowest BCUT2D eigenvalue weighted by molar-refractivity contribution is 0.0696. The summed E-state index contributed by atoms with van der Waals surface area (Å²) in [6.45, 7) is 0. The van der Waals surface area contributed by atoms with Gasteiger partial charge in [0, 0.05) is 0 Å². The van der Waals surface area contributed by atoms with Crippen LogP contribution in [0.2, 0.25) is 0 Å². The summed E-state index contributed by atoms with van der Waals surface area (Å²) in [4.78, 5) is 20.7. The molecule has 6 nitrogen and oxygen atoms in total. The topological polar surface area (TPSA) is 93.1 Å². The molecule has 6 heteroatoms. The van der Waals surface area contributed by atoms with E-state index >= 15 is 0 Å². The molecule has 2 aromatic carbocycles. The maximum Gasteiger partial charge on any atom is 0.335 e. The van der Waals surface area contributed by atoms with Crippen molar-refractivity contribution in [2.45, 2.75) is 0 Å². The summed E-state index contributed by atoms with van der Waals surface area (Å²) in [5.74, 6) is -0.173. The van der Waals surface area contributed by atoms with Gasteiger partial charge in [0.1, 0.15) is 5.75 Å². The second-order valence-corrected chi connectivity index (χ2v) is 4.05. The number of ether oxygens (including phenoxy) is 2. The van der Waals surface area contributed by atoms with Crippen LogP contribution in [0.15, 0.2) is 42.5 Å². The lowest BCUT2D eigenvalue weighted by Crippen LogP contribution is -1.95. The molecule has 0 heterocycles. The fourth-order valence-corrected chi connectivity index (χ4v) is 1.56. The van der Waals surface area contributed by atoms with Crippen molar-refractivity contribution in [3.8, 4) is 17.2 Å². The fourth-order valence-electron chi connectivity index (χ4n) is 1.56. The third kappa shape index (κ3) is 4.52. The largest absolute Gasteiger partial charge is 0.504 e. The molecular weight excluding hydrogens is 288 g/mol. The maximum absolute atomic E-state index is 10.4. The van der Waals surface area contributed by atoms with Gasteiger partial charge in [-0.1, -0.05) is 12.1 Å². The Morgan fingerprint density at radius 1 is 1.09 bits per heavy atom. The molecule has 22 heavy (non-hydrogen) atoms. The molecule has 0 radical (unpaired) electrons. The highest BCUT2D eigenvalue weighted by atomic mass is 16.5. The van der Waals surface area contributed by atoms with Crippen LogP contribution in [0, 0.1) is 0 Å². The van der Waals surface area contributed by atoms with E-state index in [9.17, 15) is 14.7 Å². The van der Waals surface area contributed by atoms with Gasteiger partial charge in [0.15, 0.2) is 17.8 Å². The Morgan fingerprint density at radius 2 is 1.77 bits per heavy atom. The number of carboxylic acids is 1. The molecule has 2 rings (SSSR count). The first kappa shape index (κ1) is 17.0. The molecule has 0 aliphatic rings. The number of carboxylic acid groups (broad SMARTS) is 1. The monoisotopic (exact) mass is 304 g/mol. The van der Waals surface area contributed by atoms with Gasteiger partial charge >= 0.3 is 5.97 Å². The Balaban J connectivity index is 0.000000220. The van der Waals surface area contributed by atoms with Crippen LogP contribution in [0.1, 0.15) is 20.7 Å². The summed E-state index contributed by atoms with van der Waals surface area (Å²) in [5, 5.41) is 17.8. The van der Waals surface area contributed by atoms with Crippen LogP contribution >= 0.6 is 0 Å². The molecule has 0 fully saturated rings. The summed E-state index contributed by atoms with van der Waals surface area (Å²) in [7, 11) is 2.94. The Kier molecular flexibility index (Phi) is 6.43. The molecule has 0 saturated carbocycles. The van der Waals surface area contributed by atoms with Gasteiger partial charge in [0.05, 0.1) is 25.3 Å². The van der Waals surface area contributed by atoms with Crippen LogP contribution in [0.5, 0.6) is 17.2 Å². The van der Waals surface area contributed by atoms with Crippen LogP contribution in [0.3, 0.4) is 0 Å². The smallest absolute Gasteiger partial charge is 0.335 e. The highest BCUT2D eigenvalue weighted by Crippen LogP contribution is 2.27. The minimum atomic E-state index is -0.941. The Labute approximate surface area is 127 Å².